The Morgan fingerprint density at radius 1 is 1.30 bits per heavy atom. The second-order valence-electron chi connectivity index (χ2n) is 6.75. The number of pyridine rings is 1. The lowest BCUT2D eigenvalue weighted by atomic mass is 9.94. The van der Waals surface area contributed by atoms with E-state index in [9.17, 15) is 14.4 Å². The fourth-order valence-corrected chi connectivity index (χ4v) is 3.56. The highest BCUT2D eigenvalue weighted by atomic mass is 16.2. The van der Waals surface area contributed by atoms with Gasteiger partial charge in [-0.1, -0.05) is 6.07 Å². The second kappa shape index (κ2) is 6.79. The van der Waals surface area contributed by atoms with Crippen molar-refractivity contribution in [2.45, 2.75) is 25.7 Å². The van der Waals surface area contributed by atoms with Crippen LogP contribution in [0.25, 0.3) is 5.65 Å². The quantitative estimate of drug-likeness (QED) is 0.733. The molecule has 0 aromatic carbocycles. The van der Waals surface area contributed by atoms with Crippen LogP contribution in [0, 0.1) is 6.92 Å². The van der Waals surface area contributed by atoms with Gasteiger partial charge in [0.25, 0.3) is 17.0 Å². The molecule has 1 N–H and O–H groups in total. The summed E-state index contributed by atoms with van der Waals surface area (Å²) in [4.78, 5) is 50.3. The Labute approximate surface area is 154 Å². The standard InChI is InChI=1S/C19H19N5O3/c1-12-21-15(9-17(25)22-12)13-5-4-7-23(11-13)18(26)14-10-20-16-6-2-3-8-24(16)19(14)27/h2-3,6,8-10,13H,4-5,7,11H2,1H3,(H,21,22,25)/t13-/m0/s1. The molecule has 8 heteroatoms. The van der Waals surface area contributed by atoms with Crippen LogP contribution in [0.1, 0.15) is 40.6 Å². The highest BCUT2D eigenvalue weighted by molar-refractivity contribution is 5.93. The van der Waals surface area contributed by atoms with Crippen LogP contribution in [0.4, 0.5) is 0 Å². The minimum Gasteiger partial charge on any atom is -0.338 e. The SMILES string of the molecule is Cc1nc([C@H]2CCCN(C(=O)c3cnc4ccccn4c3=O)C2)cc(=O)[nH]1. The van der Waals surface area contributed by atoms with Gasteiger partial charge in [0.15, 0.2) is 0 Å². The van der Waals surface area contributed by atoms with E-state index in [1.165, 1.54) is 16.7 Å². The van der Waals surface area contributed by atoms with E-state index in [0.717, 1.165) is 12.8 Å². The summed E-state index contributed by atoms with van der Waals surface area (Å²) in [7, 11) is 0. The first-order valence-electron chi connectivity index (χ1n) is 8.86. The molecule has 3 aromatic rings. The molecule has 1 amide bonds. The molecule has 1 atom stereocenters. The van der Waals surface area contributed by atoms with E-state index in [0.29, 0.717) is 30.3 Å². The minimum absolute atomic E-state index is 0.0279. The zero-order valence-electron chi connectivity index (χ0n) is 14.9. The largest absolute Gasteiger partial charge is 0.338 e. The third kappa shape index (κ3) is 3.25. The van der Waals surface area contributed by atoms with E-state index in [1.54, 1.807) is 36.2 Å². The van der Waals surface area contributed by atoms with Crippen molar-refractivity contribution in [1.82, 2.24) is 24.3 Å². The van der Waals surface area contributed by atoms with Crippen LogP contribution >= 0.6 is 0 Å². The molecular formula is C19H19N5O3. The normalized spacial score (nSPS) is 17.2. The molecule has 8 nitrogen and oxygen atoms in total. The van der Waals surface area contributed by atoms with E-state index in [1.807, 2.05) is 0 Å². The number of amides is 1. The molecule has 27 heavy (non-hydrogen) atoms. The number of hydrogen-bond donors (Lipinski definition) is 1. The fraction of sp³-hybridized carbons (Fsp3) is 0.316. The summed E-state index contributed by atoms with van der Waals surface area (Å²) in [5, 5.41) is 0. The second-order valence-corrected chi connectivity index (χ2v) is 6.75. The molecule has 138 valence electrons. The van der Waals surface area contributed by atoms with Crippen LogP contribution < -0.4 is 11.1 Å². The average Bonchev–Trinajstić information content (AvgIpc) is 2.67. The molecule has 0 spiro atoms. The number of H-pyrrole nitrogens is 1. The third-order valence-corrected chi connectivity index (χ3v) is 4.85. The lowest BCUT2D eigenvalue weighted by molar-refractivity contribution is 0.0703. The lowest BCUT2D eigenvalue weighted by Gasteiger charge is -2.32. The Hall–Kier alpha value is -3.29. The fourth-order valence-electron chi connectivity index (χ4n) is 3.56. The number of likely N-dealkylation sites (tertiary alicyclic amines) is 1. The Balaban J connectivity index is 1.63. The van der Waals surface area contributed by atoms with Crippen molar-refractivity contribution >= 4 is 11.6 Å². The molecule has 1 saturated heterocycles. The average molecular weight is 365 g/mol. The van der Waals surface area contributed by atoms with Crippen LogP contribution in [-0.4, -0.2) is 43.2 Å². The number of nitrogens with zero attached hydrogens (tertiary/aromatic N) is 4. The van der Waals surface area contributed by atoms with Gasteiger partial charge in [0, 0.05) is 37.5 Å². The van der Waals surface area contributed by atoms with Crippen molar-refractivity contribution in [1.29, 1.82) is 0 Å². The van der Waals surface area contributed by atoms with Crippen molar-refractivity contribution in [2.24, 2.45) is 0 Å². The predicted molar refractivity (Wildman–Crippen MR) is 98.9 cm³/mol. The minimum atomic E-state index is -0.377. The van der Waals surface area contributed by atoms with Gasteiger partial charge in [-0.05, 0) is 31.9 Å². The maximum Gasteiger partial charge on any atom is 0.270 e. The number of carbonyl (C=O) groups is 1. The highest BCUT2D eigenvalue weighted by Crippen LogP contribution is 2.25. The van der Waals surface area contributed by atoms with Crippen molar-refractivity contribution in [2.75, 3.05) is 13.1 Å². The third-order valence-electron chi connectivity index (χ3n) is 4.85. The van der Waals surface area contributed by atoms with E-state index in [2.05, 4.69) is 15.0 Å². The summed E-state index contributed by atoms with van der Waals surface area (Å²) < 4.78 is 1.37. The molecule has 4 rings (SSSR count). The first-order valence-corrected chi connectivity index (χ1v) is 8.86. The maximum atomic E-state index is 13.0. The first kappa shape index (κ1) is 17.1. The van der Waals surface area contributed by atoms with Crippen molar-refractivity contribution in [3.05, 3.63) is 74.4 Å². The summed E-state index contributed by atoms with van der Waals surface area (Å²) in [6.45, 7) is 2.72. The molecule has 1 aliphatic rings. The Bertz CT molecular complexity index is 1130. The highest BCUT2D eigenvalue weighted by Gasteiger charge is 2.28. The smallest absolute Gasteiger partial charge is 0.270 e. The van der Waals surface area contributed by atoms with Gasteiger partial charge < -0.3 is 9.88 Å². The Morgan fingerprint density at radius 2 is 2.15 bits per heavy atom. The molecule has 1 aliphatic heterocycles. The summed E-state index contributed by atoms with van der Waals surface area (Å²) in [5.41, 5.74) is 0.658. The topological polar surface area (TPSA) is 100 Å². The summed E-state index contributed by atoms with van der Waals surface area (Å²) in [6.07, 6.45) is 4.57. The molecule has 0 unspecified atom stereocenters. The van der Waals surface area contributed by atoms with Gasteiger partial charge in [-0.15, -0.1) is 0 Å². The van der Waals surface area contributed by atoms with Crippen LogP contribution in [0.5, 0.6) is 0 Å². The number of piperidine rings is 1. The number of fused-ring (bicyclic) bond motifs is 1. The zero-order valence-corrected chi connectivity index (χ0v) is 14.9. The van der Waals surface area contributed by atoms with Crippen molar-refractivity contribution < 1.29 is 4.79 Å². The van der Waals surface area contributed by atoms with E-state index < -0.39 is 0 Å². The first-order chi connectivity index (χ1) is 13.0. The van der Waals surface area contributed by atoms with Gasteiger partial charge in [-0.3, -0.25) is 18.8 Å². The molecule has 1 fully saturated rings. The molecule has 0 aliphatic carbocycles. The number of aromatic nitrogens is 4. The number of hydrogen-bond acceptors (Lipinski definition) is 5. The predicted octanol–water partition coefficient (Wildman–Crippen LogP) is 1.11. The van der Waals surface area contributed by atoms with E-state index in [4.69, 9.17) is 0 Å². The summed E-state index contributed by atoms with van der Waals surface area (Å²) >= 11 is 0. The van der Waals surface area contributed by atoms with Gasteiger partial charge in [0.1, 0.15) is 17.0 Å². The number of aryl methyl sites for hydroxylation is 1. The molecular weight excluding hydrogens is 346 g/mol. The van der Waals surface area contributed by atoms with Gasteiger partial charge in [-0.25, -0.2) is 9.97 Å². The van der Waals surface area contributed by atoms with Crippen molar-refractivity contribution in [3.8, 4) is 0 Å². The number of rotatable bonds is 2. The van der Waals surface area contributed by atoms with E-state index >= 15 is 0 Å². The van der Waals surface area contributed by atoms with Gasteiger partial charge >= 0.3 is 0 Å². The maximum absolute atomic E-state index is 13.0. The molecule has 3 aromatic heterocycles. The molecule has 0 bridgehead atoms. The monoisotopic (exact) mass is 365 g/mol. The van der Waals surface area contributed by atoms with E-state index in [-0.39, 0.29) is 28.5 Å². The van der Waals surface area contributed by atoms with Crippen LogP contribution in [0.2, 0.25) is 0 Å². The Morgan fingerprint density at radius 3 is 2.96 bits per heavy atom. The molecule has 0 radical (unpaired) electrons. The lowest BCUT2D eigenvalue weighted by Crippen LogP contribution is -2.42. The zero-order chi connectivity index (χ0) is 19.0. The molecule has 0 saturated carbocycles. The summed E-state index contributed by atoms with van der Waals surface area (Å²) in [6, 6.07) is 6.71. The molecule has 4 heterocycles. The van der Waals surface area contributed by atoms with Gasteiger partial charge in [0.2, 0.25) is 0 Å². The Kier molecular flexibility index (Phi) is 4.31. The van der Waals surface area contributed by atoms with Gasteiger partial charge in [-0.2, -0.15) is 0 Å². The van der Waals surface area contributed by atoms with Crippen LogP contribution in [0.3, 0.4) is 0 Å². The van der Waals surface area contributed by atoms with Crippen LogP contribution in [-0.2, 0) is 0 Å². The number of aromatic amines is 1. The number of nitrogens with one attached hydrogen (secondary N) is 1. The number of carbonyl (C=O) groups excluding carboxylic acids is 1. The van der Waals surface area contributed by atoms with Gasteiger partial charge in [0.05, 0.1) is 5.69 Å². The van der Waals surface area contributed by atoms with Crippen LogP contribution in [0.15, 0.2) is 46.2 Å². The summed E-state index contributed by atoms with van der Waals surface area (Å²) in [5.74, 6) is 0.190. The van der Waals surface area contributed by atoms with Crippen molar-refractivity contribution in [3.63, 3.8) is 0 Å².